The molecule has 0 radical (unpaired) electrons. The number of aromatic nitrogens is 4. The SMILES string of the molecule is CC(C)CCC(=O)NNC(=O)Cn1c(=O)c2c(ncn2CC(C)C)n(Cc2ccccc2)c1=O. The van der Waals surface area contributed by atoms with Gasteiger partial charge in [0.2, 0.25) is 5.91 Å². The lowest BCUT2D eigenvalue weighted by Gasteiger charge is -2.14. The second kappa shape index (κ2) is 11.0. The predicted molar refractivity (Wildman–Crippen MR) is 129 cm³/mol. The van der Waals surface area contributed by atoms with Gasteiger partial charge in [-0.25, -0.2) is 14.3 Å². The van der Waals surface area contributed by atoms with Crippen LogP contribution in [0.1, 0.15) is 46.1 Å². The Morgan fingerprint density at radius 1 is 0.941 bits per heavy atom. The molecule has 0 aliphatic carbocycles. The number of rotatable bonds is 9. The zero-order valence-electron chi connectivity index (χ0n) is 20.1. The zero-order chi connectivity index (χ0) is 24.8. The fourth-order valence-corrected chi connectivity index (χ4v) is 3.62. The van der Waals surface area contributed by atoms with Crippen LogP contribution < -0.4 is 22.1 Å². The molecule has 3 rings (SSSR count). The van der Waals surface area contributed by atoms with Crippen LogP contribution >= 0.6 is 0 Å². The van der Waals surface area contributed by atoms with Gasteiger partial charge < -0.3 is 4.57 Å². The van der Waals surface area contributed by atoms with Crippen LogP contribution in [-0.2, 0) is 29.2 Å². The highest BCUT2D eigenvalue weighted by molar-refractivity contribution is 5.82. The number of nitrogens with one attached hydrogen (secondary N) is 2. The maximum Gasteiger partial charge on any atom is 0.333 e. The summed E-state index contributed by atoms with van der Waals surface area (Å²) in [7, 11) is 0. The number of hydrogen-bond acceptors (Lipinski definition) is 5. The van der Waals surface area contributed by atoms with Crippen LogP contribution in [0.3, 0.4) is 0 Å². The molecule has 2 N–H and O–H groups in total. The lowest BCUT2D eigenvalue weighted by atomic mass is 10.1. The largest absolute Gasteiger partial charge is 0.333 e. The summed E-state index contributed by atoms with van der Waals surface area (Å²) in [5.41, 5.74) is 4.80. The maximum atomic E-state index is 13.3. The third-order valence-electron chi connectivity index (χ3n) is 5.32. The Labute approximate surface area is 197 Å². The minimum atomic E-state index is -0.669. The summed E-state index contributed by atoms with van der Waals surface area (Å²) < 4.78 is 4.00. The molecular formula is C24H32N6O4. The fraction of sp³-hybridized carbons (Fsp3) is 0.458. The highest BCUT2D eigenvalue weighted by Crippen LogP contribution is 2.11. The van der Waals surface area contributed by atoms with Crippen molar-refractivity contribution in [1.29, 1.82) is 0 Å². The van der Waals surface area contributed by atoms with E-state index in [1.54, 1.807) is 10.9 Å². The first-order valence-corrected chi connectivity index (χ1v) is 11.5. The van der Waals surface area contributed by atoms with Gasteiger partial charge in [-0.2, -0.15) is 0 Å². The van der Waals surface area contributed by atoms with Crippen molar-refractivity contribution in [1.82, 2.24) is 29.5 Å². The van der Waals surface area contributed by atoms with E-state index < -0.39 is 23.7 Å². The second-order valence-electron chi connectivity index (χ2n) is 9.24. The molecule has 0 saturated carbocycles. The van der Waals surface area contributed by atoms with E-state index >= 15 is 0 Å². The van der Waals surface area contributed by atoms with E-state index in [-0.39, 0.29) is 36.0 Å². The van der Waals surface area contributed by atoms with Crippen LogP contribution in [-0.4, -0.2) is 30.5 Å². The first-order chi connectivity index (χ1) is 16.2. The zero-order valence-corrected chi connectivity index (χ0v) is 20.1. The molecule has 0 aliphatic rings. The molecule has 182 valence electrons. The molecular weight excluding hydrogens is 436 g/mol. The maximum absolute atomic E-state index is 13.3. The Morgan fingerprint density at radius 2 is 1.62 bits per heavy atom. The predicted octanol–water partition coefficient (Wildman–Crippen LogP) is 1.65. The molecule has 2 amide bonds. The molecule has 34 heavy (non-hydrogen) atoms. The number of carbonyl (C=O) groups excluding carboxylic acids is 2. The Bertz CT molecular complexity index is 1270. The van der Waals surface area contributed by atoms with Gasteiger partial charge in [0.05, 0.1) is 12.9 Å². The van der Waals surface area contributed by atoms with E-state index in [1.807, 2.05) is 58.0 Å². The average Bonchev–Trinajstić information content (AvgIpc) is 3.20. The molecule has 1 aromatic carbocycles. The first-order valence-electron chi connectivity index (χ1n) is 11.5. The van der Waals surface area contributed by atoms with Crippen LogP contribution in [0.15, 0.2) is 46.2 Å². The van der Waals surface area contributed by atoms with Crippen LogP contribution in [0.2, 0.25) is 0 Å². The van der Waals surface area contributed by atoms with Gasteiger partial charge in [0.25, 0.3) is 11.5 Å². The van der Waals surface area contributed by atoms with Crippen LogP contribution in [0, 0.1) is 11.8 Å². The molecule has 0 unspecified atom stereocenters. The Hall–Kier alpha value is -3.69. The van der Waals surface area contributed by atoms with Crippen molar-refractivity contribution in [3.05, 3.63) is 63.1 Å². The number of imidazole rings is 1. The van der Waals surface area contributed by atoms with Gasteiger partial charge in [-0.15, -0.1) is 0 Å². The van der Waals surface area contributed by atoms with Gasteiger partial charge in [-0.1, -0.05) is 58.0 Å². The fourth-order valence-electron chi connectivity index (χ4n) is 3.62. The van der Waals surface area contributed by atoms with Gasteiger partial charge in [0, 0.05) is 13.0 Å². The standard InChI is InChI=1S/C24H32N6O4/c1-16(2)10-11-19(31)26-27-20(32)14-30-23(33)21-22(25-15-28(21)12-17(3)4)29(24(30)34)13-18-8-6-5-7-9-18/h5-9,15-17H,10-14H2,1-4H3,(H,26,31)(H,27,32). The van der Waals surface area contributed by atoms with Crippen LogP contribution in [0.25, 0.3) is 11.2 Å². The van der Waals surface area contributed by atoms with Crippen molar-refractivity contribution < 1.29 is 9.59 Å². The minimum absolute atomic E-state index is 0.197. The highest BCUT2D eigenvalue weighted by Gasteiger charge is 2.20. The summed E-state index contributed by atoms with van der Waals surface area (Å²) in [6, 6.07) is 9.34. The van der Waals surface area contributed by atoms with Crippen molar-refractivity contribution in [3.8, 4) is 0 Å². The lowest BCUT2D eigenvalue weighted by molar-refractivity contribution is -0.129. The molecule has 3 aromatic rings. The number of fused-ring (bicyclic) bond motifs is 1. The quantitative estimate of drug-likeness (QED) is 0.463. The number of benzene rings is 1. The van der Waals surface area contributed by atoms with Gasteiger partial charge in [-0.3, -0.25) is 29.8 Å². The number of hydrazine groups is 1. The summed E-state index contributed by atoms with van der Waals surface area (Å²) in [5.74, 6) is -0.409. The third kappa shape index (κ3) is 6.00. The van der Waals surface area contributed by atoms with E-state index in [2.05, 4.69) is 15.8 Å². The Balaban J connectivity index is 1.95. The average molecular weight is 469 g/mol. The summed E-state index contributed by atoms with van der Waals surface area (Å²) >= 11 is 0. The van der Waals surface area contributed by atoms with E-state index in [0.29, 0.717) is 18.9 Å². The van der Waals surface area contributed by atoms with Gasteiger partial charge in [0.1, 0.15) is 6.54 Å². The van der Waals surface area contributed by atoms with Crippen molar-refractivity contribution in [2.45, 2.75) is 60.2 Å². The molecule has 0 aliphatic heterocycles. The summed E-state index contributed by atoms with van der Waals surface area (Å²) in [6.07, 6.45) is 2.50. The van der Waals surface area contributed by atoms with Gasteiger partial charge in [0.15, 0.2) is 11.2 Å². The molecule has 10 nitrogen and oxygen atoms in total. The van der Waals surface area contributed by atoms with Crippen molar-refractivity contribution >= 4 is 23.0 Å². The molecule has 0 bridgehead atoms. The van der Waals surface area contributed by atoms with Gasteiger partial charge in [-0.05, 0) is 23.8 Å². The van der Waals surface area contributed by atoms with E-state index in [0.717, 1.165) is 10.1 Å². The Kier molecular flexibility index (Phi) is 8.04. The second-order valence-corrected chi connectivity index (χ2v) is 9.24. The smallest absolute Gasteiger partial charge is 0.324 e. The summed E-state index contributed by atoms with van der Waals surface area (Å²) in [4.78, 5) is 55.4. The number of nitrogens with zero attached hydrogens (tertiary/aromatic N) is 4. The topological polar surface area (TPSA) is 120 Å². The molecule has 0 atom stereocenters. The highest BCUT2D eigenvalue weighted by atomic mass is 16.2. The first kappa shape index (κ1) is 24.9. The summed E-state index contributed by atoms with van der Waals surface area (Å²) in [6.45, 7) is 8.23. The van der Waals surface area contributed by atoms with Crippen molar-refractivity contribution in [2.24, 2.45) is 11.8 Å². The molecule has 0 spiro atoms. The normalized spacial score (nSPS) is 11.4. The molecule has 2 heterocycles. The molecule has 2 aromatic heterocycles. The van der Waals surface area contributed by atoms with E-state index in [4.69, 9.17) is 0 Å². The van der Waals surface area contributed by atoms with Crippen molar-refractivity contribution in [3.63, 3.8) is 0 Å². The van der Waals surface area contributed by atoms with Crippen LogP contribution in [0.5, 0.6) is 0 Å². The van der Waals surface area contributed by atoms with Crippen molar-refractivity contribution in [2.75, 3.05) is 0 Å². The lowest BCUT2D eigenvalue weighted by Crippen LogP contribution is -2.48. The number of hydrogen-bond donors (Lipinski definition) is 2. The molecule has 10 heteroatoms. The number of carbonyl (C=O) groups is 2. The minimum Gasteiger partial charge on any atom is -0.324 e. The molecule has 0 fully saturated rings. The summed E-state index contributed by atoms with van der Waals surface area (Å²) in [5, 5.41) is 0. The van der Waals surface area contributed by atoms with E-state index in [1.165, 1.54) is 4.57 Å². The molecule has 0 saturated heterocycles. The Morgan fingerprint density at radius 3 is 2.26 bits per heavy atom. The monoisotopic (exact) mass is 468 g/mol. The van der Waals surface area contributed by atoms with Gasteiger partial charge >= 0.3 is 5.69 Å². The van der Waals surface area contributed by atoms with E-state index in [9.17, 15) is 19.2 Å². The number of amides is 2. The third-order valence-corrected chi connectivity index (χ3v) is 5.32. The van der Waals surface area contributed by atoms with Crippen LogP contribution in [0.4, 0.5) is 0 Å².